The first-order valence-corrected chi connectivity index (χ1v) is 8.55. The van der Waals surface area contributed by atoms with E-state index in [1.54, 1.807) is 6.92 Å². The number of amides is 1. The molecular weight excluding hydrogens is 346 g/mol. The Balaban J connectivity index is 1.82. The van der Waals surface area contributed by atoms with Crippen LogP contribution < -0.4 is 5.32 Å². The van der Waals surface area contributed by atoms with Crippen LogP contribution in [0.2, 0.25) is 0 Å². The Morgan fingerprint density at radius 3 is 2.63 bits per heavy atom. The van der Waals surface area contributed by atoms with Gasteiger partial charge in [-0.2, -0.15) is 5.10 Å². The molecule has 2 aromatic heterocycles. The molecule has 0 saturated heterocycles. The Morgan fingerprint density at radius 1 is 1.22 bits per heavy atom. The molecule has 0 atom stereocenters. The standard InChI is InChI=1S/C20H21N3O4/c1-12-11-27-17(9-18(24)25)19(12)20(26)21-10-15-6-4-5-7-16(15)23-14(3)8-13(2)22-23/h4-8,11H,9-10H2,1-3H3,(H,21,26)(H,24,25). The second kappa shape index (κ2) is 7.49. The van der Waals surface area contributed by atoms with E-state index in [0.29, 0.717) is 5.56 Å². The topological polar surface area (TPSA) is 97.4 Å². The van der Waals surface area contributed by atoms with E-state index in [9.17, 15) is 9.59 Å². The van der Waals surface area contributed by atoms with Crippen molar-refractivity contribution in [3.8, 4) is 5.69 Å². The summed E-state index contributed by atoms with van der Waals surface area (Å²) in [6.07, 6.45) is 1.07. The predicted octanol–water partition coefficient (Wildman–Crippen LogP) is 2.95. The highest BCUT2D eigenvalue weighted by Crippen LogP contribution is 2.19. The normalized spacial score (nSPS) is 10.8. The zero-order valence-electron chi connectivity index (χ0n) is 15.4. The fourth-order valence-corrected chi connectivity index (χ4v) is 3.07. The summed E-state index contributed by atoms with van der Waals surface area (Å²) in [7, 11) is 0. The molecule has 0 spiro atoms. The van der Waals surface area contributed by atoms with Crippen molar-refractivity contribution in [2.75, 3.05) is 0 Å². The maximum atomic E-state index is 12.6. The number of carboxylic acids is 1. The molecule has 1 aromatic carbocycles. The lowest BCUT2D eigenvalue weighted by Crippen LogP contribution is -2.25. The minimum Gasteiger partial charge on any atom is -0.481 e. The Kier molecular flexibility index (Phi) is 5.12. The summed E-state index contributed by atoms with van der Waals surface area (Å²) >= 11 is 0. The number of hydrogen-bond acceptors (Lipinski definition) is 4. The number of aromatic nitrogens is 2. The van der Waals surface area contributed by atoms with Gasteiger partial charge in [-0.25, -0.2) is 4.68 Å². The van der Waals surface area contributed by atoms with Crippen LogP contribution in [-0.4, -0.2) is 26.8 Å². The van der Waals surface area contributed by atoms with Crippen molar-refractivity contribution in [1.82, 2.24) is 15.1 Å². The first kappa shape index (κ1) is 18.4. The van der Waals surface area contributed by atoms with Gasteiger partial charge >= 0.3 is 5.97 Å². The average molecular weight is 367 g/mol. The molecule has 0 aliphatic heterocycles. The molecule has 3 aromatic rings. The minimum absolute atomic E-state index is 0.157. The molecule has 0 fully saturated rings. The number of benzene rings is 1. The quantitative estimate of drug-likeness (QED) is 0.698. The maximum Gasteiger partial charge on any atom is 0.311 e. The molecule has 0 radical (unpaired) electrons. The molecule has 27 heavy (non-hydrogen) atoms. The summed E-state index contributed by atoms with van der Waals surface area (Å²) in [6.45, 7) is 5.90. The Labute approximate surface area is 156 Å². The third kappa shape index (κ3) is 3.92. The lowest BCUT2D eigenvalue weighted by atomic mass is 10.1. The number of aliphatic carboxylic acids is 1. The highest BCUT2D eigenvalue weighted by atomic mass is 16.4. The number of hydrogen-bond donors (Lipinski definition) is 2. The fourth-order valence-electron chi connectivity index (χ4n) is 3.07. The van der Waals surface area contributed by atoms with E-state index in [1.165, 1.54) is 6.26 Å². The maximum absolute atomic E-state index is 12.6. The van der Waals surface area contributed by atoms with Gasteiger partial charge in [0.15, 0.2) is 0 Å². The number of rotatable bonds is 6. The number of carbonyl (C=O) groups excluding carboxylic acids is 1. The van der Waals surface area contributed by atoms with Gasteiger partial charge in [0.25, 0.3) is 5.91 Å². The van der Waals surface area contributed by atoms with E-state index in [4.69, 9.17) is 9.52 Å². The van der Waals surface area contributed by atoms with E-state index in [-0.39, 0.29) is 30.2 Å². The van der Waals surface area contributed by atoms with E-state index >= 15 is 0 Å². The first-order valence-electron chi connectivity index (χ1n) is 8.55. The second-order valence-electron chi connectivity index (χ2n) is 6.44. The van der Waals surface area contributed by atoms with Crippen LogP contribution in [-0.2, 0) is 17.8 Å². The van der Waals surface area contributed by atoms with Gasteiger partial charge in [-0.1, -0.05) is 18.2 Å². The van der Waals surface area contributed by atoms with Crippen LogP contribution in [0.1, 0.15) is 38.6 Å². The van der Waals surface area contributed by atoms with Crippen LogP contribution in [0.3, 0.4) is 0 Å². The van der Waals surface area contributed by atoms with Gasteiger partial charge in [-0.05, 0) is 38.5 Å². The van der Waals surface area contributed by atoms with Crippen molar-refractivity contribution in [2.45, 2.75) is 33.7 Å². The predicted molar refractivity (Wildman–Crippen MR) is 99.0 cm³/mol. The third-order valence-electron chi connectivity index (χ3n) is 4.26. The molecule has 1 amide bonds. The summed E-state index contributed by atoms with van der Waals surface area (Å²) in [5.74, 6) is -1.25. The highest BCUT2D eigenvalue weighted by molar-refractivity contribution is 5.97. The van der Waals surface area contributed by atoms with Crippen molar-refractivity contribution in [1.29, 1.82) is 0 Å². The SMILES string of the molecule is Cc1cc(C)n(-c2ccccc2CNC(=O)c2c(C)coc2CC(=O)O)n1. The van der Waals surface area contributed by atoms with Crippen molar-refractivity contribution in [3.05, 3.63) is 70.4 Å². The van der Waals surface area contributed by atoms with Crippen LogP contribution in [0, 0.1) is 20.8 Å². The molecule has 0 bridgehead atoms. The van der Waals surface area contributed by atoms with Crippen molar-refractivity contribution in [3.63, 3.8) is 0 Å². The van der Waals surface area contributed by atoms with Crippen LogP contribution in [0.4, 0.5) is 0 Å². The van der Waals surface area contributed by atoms with Gasteiger partial charge in [0.05, 0.1) is 23.2 Å². The zero-order valence-corrected chi connectivity index (χ0v) is 15.4. The molecule has 0 aliphatic rings. The summed E-state index contributed by atoms with van der Waals surface area (Å²) in [5, 5.41) is 16.3. The lowest BCUT2D eigenvalue weighted by molar-refractivity contribution is -0.136. The number of carbonyl (C=O) groups is 2. The Hall–Kier alpha value is -3.35. The second-order valence-corrected chi connectivity index (χ2v) is 6.44. The van der Waals surface area contributed by atoms with Crippen molar-refractivity contribution < 1.29 is 19.1 Å². The van der Waals surface area contributed by atoms with Crippen LogP contribution in [0.5, 0.6) is 0 Å². The molecule has 7 heteroatoms. The molecule has 3 rings (SSSR count). The summed E-state index contributed by atoms with van der Waals surface area (Å²) in [4.78, 5) is 23.6. The van der Waals surface area contributed by atoms with E-state index in [0.717, 1.165) is 22.6 Å². The van der Waals surface area contributed by atoms with Gasteiger partial charge in [0.1, 0.15) is 12.2 Å². The smallest absolute Gasteiger partial charge is 0.311 e. The van der Waals surface area contributed by atoms with Crippen molar-refractivity contribution >= 4 is 11.9 Å². The summed E-state index contributed by atoms with van der Waals surface area (Å²) < 4.78 is 7.08. The van der Waals surface area contributed by atoms with Crippen LogP contribution >= 0.6 is 0 Å². The molecule has 0 saturated carbocycles. The van der Waals surface area contributed by atoms with E-state index in [2.05, 4.69) is 10.4 Å². The number of carboxylic acid groups (broad SMARTS) is 1. The Morgan fingerprint density at radius 2 is 1.96 bits per heavy atom. The molecule has 0 unspecified atom stereocenters. The van der Waals surface area contributed by atoms with Gasteiger partial charge in [0.2, 0.25) is 0 Å². The van der Waals surface area contributed by atoms with Gasteiger partial charge in [-0.3, -0.25) is 9.59 Å². The number of furan rings is 1. The largest absolute Gasteiger partial charge is 0.481 e. The molecule has 0 aliphatic carbocycles. The number of aryl methyl sites for hydroxylation is 3. The fraction of sp³-hybridized carbons (Fsp3) is 0.250. The monoisotopic (exact) mass is 367 g/mol. The third-order valence-corrected chi connectivity index (χ3v) is 4.26. The molecular formula is C20H21N3O4. The number of nitrogens with zero attached hydrogens (tertiary/aromatic N) is 2. The highest BCUT2D eigenvalue weighted by Gasteiger charge is 2.20. The molecule has 2 heterocycles. The van der Waals surface area contributed by atoms with Crippen molar-refractivity contribution in [2.24, 2.45) is 0 Å². The van der Waals surface area contributed by atoms with Gasteiger partial charge in [0, 0.05) is 17.8 Å². The number of para-hydroxylation sites is 1. The first-order chi connectivity index (χ1) is 12.9. The molecule has 2 N–H and O–H groups in total. The summed E-state index contributed by atoms with van der Waals surface area (Å²) in [6, 6.07) is 9.67. The van der Waals surface area contributed by atoms with E-state index in [1.807, 2.05) is 48.9 Å². The number of nitrogens with one attached hydrogen (secondary N) is 1. The zero-order chi connectivity index (χ0) is 19.6. The summed E-state index contributed by atoms with van der Waals surface area (Å²) in [5.41, 5.74) is 4.59. The lowest BCUT2D eigenvalue weighted by Gasteiger charge is -2.12. The van der Waals surface area contributed by atoms with Crippen LogP contribution in [0.25, 0.3) is 5.69 Å². The Bertz CT molecular complexity index is 1000. The average Bonchev–Trinajstić information content (AvgIpc) is 3.14. The minimum atomic E-state index is -1.05. The van der Waals surface area contributed by atoms with Crippen LogP contribution in [0.15, 0.2) is 41.0 Å². The molecule has 7 nitrogen and oxygen atoms in total. The molecule has 140 valence electrons. The van der Waals surface area contributed by atoms with Gasteiger partial charge < -0.3 is 14.8 Å². The van der Waals surface area contributed by atoms with E-state index < -0.39 is 5.97 Å². The van der Waals surface area contributed by atoms with Gasteiger partial charge in [-0.15, -0.1) is 0 Å².